The van der Waals surface area contributed by atoms with Gasteiger partial charge in [-0.25, -0.2) is 0 Å². The van der Waals surface area contributed by atoms with Crippen LogP contribution in [-0.2, 0) is 11.2 Å². The molecule has 4 rings (SSSR count). The number of para-hydroxylation sites is 1. The molecule has 4 nitrogen and oxygen atoms in total. The number of rotatable bonds is 5. The molecule has 0 aliphatic carbocycles. The van der Waals surface area contributed by atoms with Gasteiger partial charge in [0.25, 0.3) is 0 Å². The Balaban J connectivity index is 1.44. The van der Waals surface area contributed by atoms with E-state index in [-0.39, 0.29) is 5.91 Å². The normalized spacial score (nSPS) is 19.1. The third-order valence-electron chi connectivity index (χ3n) is 5.38. The van der Waals surface area contributed by atoms with Crippen molar-refractivity contribution < 1.29 is 9.53 Å². The maximum Gasteiger partial charge on any atom is 0.224 e. The van der Waals surface area contributed by atoms with Gasteiger partial charge in [-0.15, -0.1) is 0 Å². The molecule has 1 unspecified atom stereocenters. The number of benzene rings is 2. The molecule has 2 aliphatic heterocycles. The SMILES string of the molecule is COc1ccccc1C1=CC(C/C=C/c2ccc3c(c2)CCC(=O)N3)NCC1. The van der Waals surface area contributed by atoms with Crippen molar-refractivity contribution in [2.24, 2.45) is 0 Å². The molecular weight excluding hydrogens is 348 g/mol. The van der Waals surface area contributed by atoms with E-state index < -0.39 is 0 Å². The van der Waals surface area contributed by atoms with Crippen LogP contribution in [0.1, 0.15) is 36.0 Å². The van der Waals surface area contributed by atoms with E-state index >= 15 is 0 Å². The van der Waals surface area contributed by atoms with Gasteiger partial charge in [-0.2, -0.15) is 0 Å². The zero-order chi connectivity index (χ0) is 19.3. The van der Waals surface area contributed by atoms with E-state index in [1.54, 1.807) is 7.11 Å². The predicted molar refractivity (Wildman–Crippen MR) is 114 cm³/mol. The quantitative estimate of drug-likeness (QED) is 0.814. The van der Waals surface area contributed by atoms with Crippen molar-refractivity contribution >= 4 is 23.2 Å². The summed E-state index contributed by atoms with van der Waals surface area (Å²) in [5, 5.41) is 6.52. The van der Waals surface area contributed by atoms with Crippen LogP contribution < -0.4 is 15.4 Å². The van der Waals surface area contributed by atoms with E-state index in [0.29, 0.717) is 12.5 Å². The number of nitrogens with one attached hydrogen (secondary N) is 2. The summed E-state index contributed by atoms with van der Waals surface area (Å²) in [6.07, 6.45) is 10.1. The van der Waals surface area contributed by atoms with Crippen LogP contribution in [0.5, 0.6) is 5.75 Å². The third kappa shape index (κ3) is 4.18. The van der Waals surface area contributed by atoms with Crippen molar-refractivity contribution in [3.05, 3.63) is 71.3 Å². The van der Waals surface area contributed by atoms with Gasteiger partial charge in [-0.1, -0.05) is 42.5 Å². The highest BCUT2D eigenvalue weighted by Gasteiger charge is 2.16. The Bertz CT molecular complexity index is 930. The van der Waals surface area contributed by atoms with Crippen molar-refractivity contribution in [3.8, 4) is 5.75 Å². The fraction of sp³-hybridized carbons (Fsp3) is 0.292. The van der Waals surface area contributed by atoms with Crippen LogP contribution >= 0.6 is 0 Å². The molecular formula is C24H26N2O2. The first-order valence-electron chi connectivity index (χ1n) is 9.90. The van der Waals surface area contributed by atoms with Crippen molar-refractivity contribution in [1.82, 2.24) is 5.32 Å². The molecule has 2 aromatic rings. The highest BCUT2D eigenvalue weighted by molar-refractivity contribution is 5.94. The van der Waals surface area contributed by atoms with E-state index in [1.165, 1.54) is 22.3 Å². The van der Waals surface area contributed by atoms with Crippen molar-refractivity contribution in [1.29, 1.82) is 0 Å². The smallest absolute Gasteiger partial charge is 0.224 e. The second-order valence-corrected chi connectivity index (χ2v) is 7.31. The summed E-state index contributed by atoms with van der Waals surface area (Å²) in [5.41, 5.74) is 5.89. The van der Waals surface area contributed by atoms with Crippen molar-refractivity contribution in [2.75, 3.05) is 19.0 Å². The first-order valence-corrected chi connectivity index (χ1v) is 9.90. The number of fused-ring (bicyclic) bond motifs is 1. The number of aryl methyl sites for hydroxylation is 1. The third-order valence-corrected chi connectivity index (χ3v) is 5.38. The van der Waals surface area contributed by atoms with E-state index in [2.05, 4.69) is 53.1 Å². The van der Waals surface area contributed by atoms with Gasteiger partial charge in [0.15, 0.2) is 0 Å². The van der Waals surface area contributed by atoms with Crippen molar-refractivity contribution in [2.45, 2.75) is 31.7 Å². The lowest BCUT2D eigenvalue weighted by Crippen LogP contribution is -2.31. The molecule has 144 valence electrons. The van der Waals surface area contributed by atoms with Gasteiger partial charge in [0, 0.05) is 23.7 Å². The van der Waals surface area contributed by atoms with Gasteiger partial charge in [-0.3, -0.25) is 4.79 Å². The fourth-order valence-corrected chi connectivity index (χ4v) is 3.92. The summed E-state index contributed by atoms with van der Waals surface area (Å²) >= 11 is 0. The molecule has 2 aromatic carbocycles. The molecule has 0 saturated carbocycles. The van der Waals surface area contributed by atoms with Crippen LogP contribution in [0, 0.1) is 0 Å². The Morgan fingerprint density at radius 1 is 1.14 bits per heavy atom. The van der Waals surface area contributed by atoms with E-state index in [4.69, 9.17) is 4.74 Å². The molecule has 2 aliphatic rings. The second kappa shape index (κ2) is 8.44. The maximum absolute atomic E-state index is 11.5. The molecule has 4 heteroatoms. The highest BCUT2D eigenvalue weighted by atomic mass is 16.5. The summed E-state index contributed by atoms with van der Waals surface area (Å²) < 4.78 is 5.52. The predicted octanol–water partition coefficient (Wildman–Crippen LogP) is 4.43. The van der Waals surface area contributed by atoms with E-state index in [0.717, 1.165) is 37.2 Å². The number of carbonyl (C=O) groups excluding carboxylic acids is 1. The zero-order valence-electron chi connectivity index (χ0n) is 16.2. The van der Waals surface area contributed by atoms with E-state index in [9.17, 15) is 4.79 Å². The molecule has 2 N–H and O–H groups in total. The molecule has 2 heterocycles. The van der Waals surface area contributed by atoms with Crippen molar-refractivity contribution in [3.63, 3.8) is 0 Å². The van der Waals surface area contributed by atoms with Gasteiger partial charge < -0.3 is 15.4 Å². The number of methoxy groups -OCH3 is 1. The zero-order valence-corrected chi connectivity index (χ0v) is 16.2. The van der Waals surface area contributed by atoms with Crippen LogP contribution in [0.15, 0.2) is 54.6 Å². The molecule has 0 spiro atoms. The minimum absolute atomic E-state index is 0.108. The standard InChI is InChI=1S/C24H26N2O2/c1-28-23-8-3-2-7-21(23)18-13-14-25-20(16-18)6-4-5-17-9-11-22-19(15-17)10-12-24(27)26-22/h2-5,7-9,11,15-16,20,25H,6,10,12-14H2,1H3,(H,26,27)/b5-4+. The number of ether oxygens (including phenoxy) is 1. The van der Waals surface area contributed by atoms with Gasteiger partial charge >= 0.3 is 0 Å². The molecule has 0 saturated heterocycles. The second-order valence-electron chi connectivity index (χ2n) is 7.31. The topological polar surface area (TPSA) is 50.4 Å². The lowest BCUT2D eigenvalue weighted by molar-refractivity contribution is -0.116. The Kier molecular flexibility index (Phi) is 5.58. The Hall–Kier alpha value is -2.85. The van der Waals surface area contributed by atoms with Gasteiger partial charge in [0.1, 0.15) is 5.75 Å². The van der Waals surface area contributed by atoms with Crippen LogP contribution in [0.25, 0.3) is 11.6 Å². The Morgan fingerprint density at radius 2 is 2.04 bits per heavy atom. The van der Waals surface area contributed by atoms with E-state index in [1.807, 2.05) is 18.2 Å². The summed E-state index contributed by atoms with van der Waals surface area (Å²) in [6, 6.07) is 14.8. The summed E-state index contributed by atoms with van der Waals surface area (Å²) in [7, 11) is 1.73. The van der Waals surface area contributed by atoms with Crippen LogP contribution in [0.2, 0.25) is 0 Å². The van der Waals surface area contributed by atoms with Gasteiger partial charge in [0.05, 0.1) is 7.11 Å². The monoisotopic (exact) mass is 374 g/mol. The minimum Gasteiger partial charge on any atom is -0.496 e. The number of anilines is 1. The Morgan fingerprint density at radius 3 is 2.93 bits per heavy atom. The van der Waals surface area contributed by atoms with Crippen LogP contribution in [0.3, 0.4) is 0 Å². The van der Waals surface area contributed by atoms with Gasteiger partial charge in [0.2, 0.25) is 5.91 Å². The molecule has 0 radical (unpaired) electrons. The number of hydrogen-bond donors (Lipinski definition) is 2. The molecule has 1 atom stereocenters. The average Bonchev–Trinajstić information content (AvgIpc) is 2.74. The summed E-state index contributed by atoms with van der Waals surface area (Å²) in [5.74, 6) is 1.04. The molecule has 28 heavy (non-hydrogen) atoms. The summed E-state index contributed by atoms with van der Waals surface area (Å²) in [4.78, 5) is 11.5. The maximum atomic E-state index is 11.5. The van der Waals surface area contributed by atoms with Gasteiger partial charge in [-0.05, 0) is 60.7 Å². The lowest BCUT2D eigenvalue weighted by Gasteiger charge is -2.23. The van der Waals surface area contributed by atoms with Crippen LogP contribution in [0.4, 0.5) is 5.69 Å². The Labute approximate surface area is 166 Å². The number of carbonyl (C=O) groups is 1. The molecule has 0 aromatic heterocycles. The molecule has 1 amide bonds. The van der Waals surface area contributed by atoms with Crippen LogP contribution in [-0.4, -0.2) is 25.6 Å². The largest absolute Gasteiger partial charge is 0.496 e. The summed E-state index contributed by atoms with van der Waals surface area (Å²) in [6.45, 7) is 0.973. The highest BCUT2D eigenvalue weighted by Crippen LogP contribution is 2.30. The lowest BCUT2D eigenvalue weighted by atomic mass is 9.95. The minimum atomic E-state index is 0.108. The first-order chi connectivity index (χ1) is 13.7. The average molecular weight is 374 g/mol. The fourth-order valence-electron chi connectivity index (χ4n) is 3.92. The first kappa shape index (κ1) is 18.5. The number of hydrogen-bond acceptors (Lipinski definition) is 3. The number of amides is 1. The molecule has 0 bridgehead atoms. The molecule has 0 fully saturated rings.